The lowest BCUT2D eigenvalue weighted by Gasteiger charge is -2.53. The van der Waals surface area contributed by atoms with Gasteiger partial charge < -0.3 is 15.1 Å². The van der Waals surface area contributed by atoms with E-state index in [2.05, 4.69) is 40.8 Å². The summed E-state index contributed by atoms with van der Waals surface area (Å²) in [7, 11) is -4.16. The molecule has 5 rings (SSSR count). The predicted molar refractivity (Wildman–Crippen MR) is 185 cm³/mol. The van der Waals surface area contributed by atoms with Gasteiger partial charge >= 0.3 is 0 Å². The van der Waals surface area contributed by atoms with Crippen molar-refractivity contribution in [1.29, 1.82) is 0 Å². The molecule has 0 unspecified atom stereocenters. The summed E-state index contributed by atoms with van der Waals surface area (Å²) in [4.78, 5) is 27.1. The van der Waals surface area contributed by atoms with Gasteiger partial charge in [-0.25, -0.2) is 0 Å². The largest absolute Gasteiger partial charge is 0.372 e. The average molecular weight is 648 g/mol. The third-order valence-corrected chi connectivity index (χ3v) is 10.9. The lowest BCUT2D eigenvalue weighted by Crippen LogP contribution is -2.71. The molecule has 0 radical (unpaired) electrons. The van der Waals surface area contributed by atoms with E-state index < -0.39 is 15.8 Å². The summed E-state index contributed by atoms with van der Waals surface area (Å²) in [5.41, 5.74) is 1.73. The second-order valence-corrected chi connectivity index (χ2v) is 13.8. The highest BCUT2D eigenvalue weighted by Crippen LogP contribution is 2.31. The molecule has 3 aromatic rings. The fourth-order valence-electron chi connectivity index (χ4n) is 6.76. The molecular weight excluding hydrogens is 598 g/mol. The maximum Gasteiger partial charge on any atom is 0.295 e. The molecule has 2 fully saturated rings. The van der Waals surface area contributed by atoms with Crippen molar-refractivity contribution in [2.24, 2.45) is 0 Å². The number of piperidine rings is 2. The lowest BCUT2D eigenvalue weighted by molar-refractivity contribution is -0.0970. The molecule has 1 amide bonds. The summed E-state index contributed by atoms with van der Waals surface area (Å²) in [5, 5.41) is 3.42. The van der Waals surface area contributed by atoms with E-state index in [4.69, 9.17) is 4.84 Å². The van der Waals surface area contributed by atoms with Crippen LogP contribution in [0.2, 0.25) is 0 Å². The Morgan fingerprint density at radius 1 is 0.761 bits per heavy atom. The third-order valence-electron chi connectivity index (χ3n) is 9.30. The van der Waals surface area contributed by atoms with E-state index in [1.165, 1.54) is 25.0 Å². The zero-order valence-corrected chi connectivity index (χ0v) is 28.3. The van der Waals surface area contributed by atoms with Gasteiger partial charge in [-0.2, -0.15) is 8.42 Å². The van der Waals surface area contributed by atoms with E-state index in [9.17, 15) is 13.2 Å². The van der Waals surface area contributed by atoms with Crippen LogP contribution < -0.4 is 19.5 Å². The number of likely N-dealkylation sites (tertiary alicyclic amines) is 2. The first-order valence-electron chi connectivity index (χ1n) is 16.9. The number of hydrogen-bond donors (Lipinski definition) is 1. The van der Waals surface area contributed by atoms with Gasteiger partial charge in [0, 0.05) is 56.6 Å². The normalized spacial score (nSPS) is 16.5. The molecule has 2 aliphatic heterocycles. The number of carbonyl (C=O) groups excluding carboxylic acids is 1. The van der Waals surface area contributed by atoms with Gasteiger partial charge in [-0.05, 0) is 94.5 Å². The summed E-state index contributed by atoms with van der Waals surface area (Å²) >= 11 is 0. The first-order valence-corrected chi connectivity index (χ1v) is 18.3. The molecule has 1 N–H and O–H groups in total. The van der Waals surface area contributed by atoms with Gasteiger partial charge in [-0.1, -0.05) is 48.5 Å². The van der Waals surface area contributed by atoms with E-state index in [0.29, 0.717) is 17.0 Å². The van der Waals surface area contributed by atoms with Crippen LogP contribution in [0.15, 0.2) is 83.8 Å². The molecular formula is C36H49N5O4S. The zero-order valence-electron chi connectivity index (χ0n) is 27.5. The van der Waals surface area contributed by atoms with Gasteiger partial charge in [0.1, 0.15) is 0 Å². The summed E-state index contributed by atoms with van der Waals surface area (Å²) in [6.07, 6.45) is 7.69. The average Bonchev–Trinajstić information content (AvgIpc) is 3.11. The number of nitrogens with one attached hydrogen (secondary N) is 1. The summed E-state index contributed by atoms with van der Waals surface area (Å²) in [6, 6.07) is 22.4. The Bertz CT molecular complexity index is 1500. The minimum absolute atomic E-state index is 0.0293. The SMILES string of the molecule is CCN(CC)c1cccc(ON(c2ccccc2)S(=O)(=O)c2ccc(C(=O)NC(CC)(N3CCCCC3)N3CCCCC3)cc2)c1. The molecule has 248 valence electrons. The molecule has 10 heteroatoms. The Kier molecular flexibility index (Phi) is 11.2. The van der Waals surface area contributed by atoms with Gasteiger partial charge in [0.05, 0.1) is 10.6 Å². The Morgan fingerprint density at radius 3 is 1.87 bits per heavy atom. The minimum atomic E-state index is -4.16. The fraction of sp³-hybridized carbons (Fsp3) is 0.472. The van der Waals surface area contributed by atoms with Crippen LogP contribution in [-0.2, 0) is 10.0 Å². The molecule has 2 heterocycles. The van der Waals surface area contributed by atoms with E-state index in [1.54, 1.807) is 42.5 Å². The van der Waals surface area contributed by atoms with Gasteiger partial charge in [0.2, 0.25) is 0 Å². The number of hydrogen-bond acceptors (Lipinski definition) is 7. The smallest absolute Gasteiger partial charge is 0.295 e. The topological polar surface area (TPSA) is 85.4 Å². The second-order valence-electron chi connectivity index (χ2n) is 12.1. The molecule has 9 nitrogen and oxygen atoms in total. The molecule has 0 aliphatic carbocycles. The summed E-state index contributed by atoms with van der Waals surface area (Å²) in [6.45, 7) is 11.7. The van der Waals surface area contributed by atoms with E-state index in [0.717, 1.165) is 81.5 Å². The number of para-hydroxylation sites is 1. The van der Waals surface area contributed by atoms with Crippen LogP contribution in [0.25, 0.3) is 0 Å². The van der Waals surface area contributed by atoms with Gasteiger partial charge in [-0.15, -0.1) is 0 Å². The first-order chi connectivity index (χ1) is 22.3. The van der Waals surface area contributed by atoms with Gasteiger partial charge in [0.15, 0.2) is 11.5 Å². The van der Waals surface area contributed by atoms with Crippen molar-refractivity contribution in [1.82, 2.24) is 15.1 Å². The first kappa shape index (κ1) is 33.8. The van der Waals surface area contributed by atoms with Crippen molar-refractivity contribution >= 4 is 27.3 Å². The number of anilines is 2. The fourth-order valence-corrected chi connectivity index (χ4v) is 8.02. The quantitative estimate of drug-likeness (QED) is 0.213. The van der Waals surface area contributed by atoms with E-state index in [1.807, 2.05) is 24.3 Å². The van der Waals surface area contributed by atoms with E-state index in [-0.39, 0.29) is 10.8 Å². The molecule has 0 spiro atoms. The monoisotopic (exact) mass is 647 g/mol. The molecule has 0 saturated carbocycles. The van der Waals surface area contributed by atoms with Gasteiger partial charge in [-0.3, -0.25) is 14.6 Å². The highest BCUT2D eigenvalue weighted by atomic mass is 32.2. The van der Waals surface area contributed by atoms with Crippen molar-refractivity contribution in [2.45, 2.75) is 76.4 Å². The van der Waals surface area contributed by atoms with Crippen molar-refractivity contribution in [3.05, 3.63) is 84.4 Å². The highest BCUT2D eigenvalue weighted by molar-refractivity contribution is 7.92. The summed E-state index contributed by atoms with van der Waals surface area (Å²) < 4.78 is 29.2. The molecule has 2 aliphatic rings. The Balaban J connectivity index is 1.41. The number of rotatable bonds is 13. The molecule has 0 bridgehead atoms. The number of nitrogens with zero attached hydrogens (tertiary/aromatic N) is 4. The van der Waals surface area contributed by atoms with Crippen LogP contribution in [0.4, 0.5) is 11.4 Å². The Morgan fingerprint density at radius 2 is 1.33 bits per heavy atom. The number of amides is 1. The zero-order chi connectivity index (χ0) is 32.6. The van der Waals surface area contributed by atoms with Crippen molar-refractivity contribution in [2.75, 3.05) is 48.6 Å². The number of carbonyl (C=O) groups is 1. The molecule has 0 atom stereocenters. The van der Waals surface area contributed by atoms with Crippen molar-refractivity contribution < 1.29 is 18.0 Å². The number of sulfonamides is 1. The van der Waals surface area contributed by atoms with E-state index >= 15 is 0 Å². The molecule has 0 aromatic heterocycles. The standard InChI is InChI=1S/C36H49N5O4S/c1-4-36(39-25-12-8-13-26-39,40-27-14-9-15-28-40)37-35(42)30-21-23-34(24-22-30)46(43,44)41(31-17-10-7-11-18-31)45-33-20-16-19-32(29-33)38(5-2)6-3/h7,10-11,16-24,29H,4-6,8-9,12-15,25-28H2,1-3H3,(H,37,42). The van der Waals surface area contributed by atoms with Gasteiger partial charge in [0.25, 0.3) is 15.9 Å². The van der Waals surface area contributed by atoms with Crippen LogP contribution in [-0.4, -0.2) is 69.2 Å². The predicted octanol–water partition coefficient (Wildman–Crippen LogP) is 6.49. The van der Waals surface area contributed by atoms with Crippen LogP contribution in [0.3, 0.4) is 0 Å². The molecule has 2 saturated heterocycles. The van der Waals surface area contributed by atoms with Crippen LogP contribution in [0, 0.1) is 0 Å². The Hall–Kier alpha value is -3.60. The maximum atomic E-state index is 14.1. The van der Waals surface area contributed by atoms with Crippen LogP contribution >= 0.6 is 0 Å². The highest BCUT2D eigenvalue weighted by Gasteiger charge is 2.43. The minimum Gasteiger partial charge on any atom is -0.372 e. The Labute approximate surface area is 275 Å². The third kappa shape index (κ3) is 7.35. The van der Waals surface area contributed by atoms with Crippen molar-refractivity contribution in [3.63, 3.8) is 0 Å². The van der Waals surface area contributed by atoms with Crippen LogP contribution in [0.1, 0.15) is 76.1 Å². The molecule has 46 heavy (non-hydrogen) atoms. The second kappa shape index (κ2) is 15.3. The number of benzene rings is 3. The maximum absolute atomic E-state index is 14.1. The lowest BCUT2D eigenvalue weighted by atomic mass is 10.0. The van der Waals surface area contributed by atoms with Crippen LogP contribution in [0.5, 0.6) is 5.75 Å². The summed E-state index contributed by atoms with van der Waals surface area (Å²) in [5.74, 6) is -0.356. The van der Waals surface area contributed by atoms with Crippen molar-refractivity contribution in [3.8, 4) is 5.75 Å². The molecule has 3 aromatic carbocycles.